The Kier molecular flexibility index (Phi) is 5.81. The van der Waals surface area contributed by atoms with Crippen LogP contribution in [0.1, 0.15) is 29.6 Å². The van der Waals surface area contributed by atoms with Crippen LogP contribution in [0.4, 0.5) is 18.9 Å². The molecule has 11 heteroatoms. The van der Waals surface area contributed by atoms with Gasteiger partial charge >= 0.3 is 0 Å². The molecule has 4 atom stereocenters. The third-order valence-corrected chi connectivity index (χ3v) is 8.90. The van der Waals surface area contributed by atoms with Crippen molar-refractivity contribution >= 4 is 38.8 Å². The molecule has 2 aliphatic carbocycles. The number of Topliss-reactive ketones (excluding diaryl/α,β-unsaturated/α-hetero) is 1. The topological polar surface area (TPSA) is 101 Å². The van der Waals surface area contributed by atoms with Crippen molar-refractivity contribution in [3.8, 4) is 0 Å². The number of rotatable bonds is 4. The van der Waals surface area contributed by atoms with Crippen molar-refractivity contribution in [2.75, 3.05) is 5.32 Å². The summed E-state index contributed by atoms with van der Waals surface area (Å²) in [6, 6.07) is 4.62. The fourth-order valence-electron chi connectivity index (χ4n) is 4.58. The number of carbonyl (C=O) groups excluding carboxylic acids is 2. The molecule has 32 heavy (non-hydrogen) atoms. The Labute approximate surface area is 186 Å². The van der Waals surface area contributed by atoms with Crippen LogP contribution >= 0.6 is 11.6 Å². The summed E-state index contributed by atoms with van der Waals surface area (Å²) in [6.45, 7) is 0. The molecule has 2 saturated carbocycles. The molecule has 0 radical (unpaired) electrons. The van der Waals surface area contributed by atoms with Gasteiger partial charge in [0.15, 0.2) is 33.1 Å². The minimum Gasteiger partial charge on any atom is -0.385 e. The van der Waals surface area contributed by atoms with Crippen LogP contribution in [0.25, 0.3) is 0 Å². The highest BCUT2D eigenvalue weighted by Crippen LogP contribution is 2.47. The number of sulfone groups is 1. The predicted molar refractivity (Wildman–Crippen MR) is 109 cm³/mol. The molecular weight excluding hydrogens is 471 g/mol. The second-order valence-electron chi connectivity index (χ2n) is 7.98. The molecule has 2 N–H and O–H groups in total. The molecule has 0 heterocycles. The first-order valence-electron chi connectivity index (χ1n) is 9.71. The van der Waals surface area contributed by atoms with Crippen LogP contribution in [0.3, 0.4) is 0 Å². The van der Waals surface area contributed by atoms with E-state index in [0.717, 1.165) is 6.07 Å². The van der Waals surface area contributed by atoms with Crippen molar-refractivity contribution in [3.05, 3.63) is 58.4 Å². The third kappa shape index (κ3) is 3.80. The van der Waals surface area contributed by atoms with E-state index in [1.165, 1.54) is 12.1 Å². The molecule has 0 spiro atoms. The van der Waals surface area contributed by atoms with Crippen LogP contribution < -0.4 is 5.32 Å². The van der Waals surface area contributed by atoms with Crippen molar-refractivity contribution in [3.63, 3.8) is 0 Å². The molecule has 2 fully saturated rings. The molecule has 1 amide bonds. The number of anilines is 1. The lowest BCUT2D eigenvalue weighted by molar-refractivity contribution is -0.132. The Morgan fingerprint density at radius 2 is 1.75 bits per heavy atom. The minimum absolute atomic E-state index is 0.0545. The number of halogens is 4. The van der Waals surface area contributed by atoms with Crippen molar-refractivity contribution < 1.29 is 36.3 Å². The van der Waals surface area contributed by atoms with Crippen molar-refractivity contribution in [1.29, 1.82) is 0 Å². The Balaban J connectivity index is 1.66. The minimum atomic E-state index is -4.13. The molecule has 2 unspecified atom stereocenters. The van der Waals surface area contributed by atoms with Crippen molar-refractivity contribution in [2.24, 2.45) is 11.8 Å². The summed E-state index contributed by atoms with van der Waals surface area (Å²) in [7, 11) is -4.13. The summed E-state index contributed by atoms with van der Waals surface area (Å²) in [6.07, 6.45) is -0.583. The summed E-state index contributed by atoms with van der Waals surface area (Å²) < 4.78 is 66.7. The van der Waals surface area contributed by atoms with E-state index in [-0.39, 0.29) is 33.4 Å². The SMILES string of the molecule is O=C(Nc1cc(F)c(F)c(F)c1)c1ccc(Cl)c(S(=O)(=O)[C@H]2C3CC[C@H]2C(O)C(=O)C3)c1. The number of aliphatic hydroxyl groups excluding tert-OH is 1. The van der Waals surface area contributed by atoms with Gasteiger partial charge in [-0.15, -0.1) is 0 Å². The number of carbonyl (C=O) groups is 2. The van der Waals surface area contributed by atoms with E-state index >= 15 is 0 Å². The highest BCUT2D eigenvalue weighted by atomic mass is 35.5. The molecular formula is C21H17ClF3NO5S. The van der Waals surface area contributed by atoms with E-state index in [4.69, 9.17) is 11.6 Å². The van der Waals surface area contributed by atoms with Crippen LogP contribution in [0.15, 0.2) is 35.2 Å². The Morgan fingerprint density at radius 1 is 1.09 bits per heavy atom. The van der Waals surface area contributed by atoms with Gasteiger partial charge in [-0.2, -0.15) is 0 Å². The van der Waals surface area contributed by atoms with Gasteiger partial charge in [0, 0.05) is 35.7 Å². The maximum atomic E-state index is 13.4. The maximum Gasteiger partial charge on any atom is 0.255 e. The van der Waals surface area contributed by atoms with Gasteiger partial charge in [0.1, 0.15) is 6.10 Å². The lowest BCUT2D eigenvalue weighted by Gasteiger charge is -2.32. The van der Waals surface area contributed by atoms with Gasteiger partial charge in [-0.05, 0) is 37.0 Å². The second kappa shape index (κ2) is 8.17. The van der Waals surface area contributed by atoms with Crippen LogP contribution in [0.2, 0.25) is 5.02 Å². The standard InChI is InChI=1S/C21H17ClF3NO5S/c22-13-4-2-10(21(29)26-11-7-14(23)18(25)15(24)8-11)6-17(13)32(30,31)20-9-1-3-12(20)19(28)16(27)5-9/h2,4,6-9,12,19-20,28H,1,3,5H2,(H,26,29)/t9?,12-,19?,20-/m0/s1. The summed E-state index contributed by atoms with van der Waals surface area (Å²) in [5.74, 6) is -7.19. The fraction of sp³-hybridized carbons (Fsp3) is 0.333. The van der Waals surface area contributed by atoms with Crippen LogP contribution in [0.5, 0.6) is 0 Å². The molecule has 2 bridgehead atoms. The first-order chi connectivity index (χ1) is 15.0. The number of aliphatic hydroxyl groups is 1. The molecule has 4 rings (SSSR count). The number of benzene rings is 2. The van der Waals surface area contributed by atoms with Crippen LogP contribution in [-0.4, -0.2) is 36.6 Å². The highest BCUT2D eigenvalue weighted by molar-refractivity contribution is 7.92. The highest BCUT2D eigenvalue weighted by Gasteiger charge is 2.54. The van der Waals surface area contributed by atoms with Crippen molar-refractivity contribution in [1.82, 2.24) is 0 Å². The average Bonchev–Trinajstić information content (AvgIpc) is 3.09. The maximum absolute atomic E-state index is 13.4. The van der Waals surface area contributed by atoms with Crippen molar-refractivity contribution in [2.45, 2.75) is 35.5 Å². The third-order valence-electron chi connectivity index (χ3n) is 6.06. The summed E-state index contributed by atoms with van der Waals surface area (Å²) in [5.41, 5.74) is -0.532. The van der Waals surface area contributed by atoms with E-state index < -0.39 is 56.4 Å². The van der Waals surface area contributed by atoms with Gasteiger partial charge < -0.3 is 10.4 Å². The quantitative estimate of drug-likeness (QED) is 0.643. The fourth-order valence-corrected chi connectivity index (χ4v) is 7.43. The Morgan fingerprint density at radius 3 is 2.41 bits per heavy atom. The Bertz CT molecular complexity index is 1210. The Hall–Kier alpha value is -2.43. The number of nitrogens with one attached hydrogen (secondary N) is 1. The molecule has 2 aliphatic rings. The second-order valence-corrected chi connectivity index (χ2v) is 10.5. The molecule has 6 nitrogen and oxygen atoms in total. The van der Waals surface area contributed by atoms with E-state index in [1.54, 1.807) is 0 Å². The van der Waals surface area contributed by atoms with E-state index in [9.17, 15) is 36.3 Å². The molecule has 2 aromatic carbocycles. The van der Waals surface area contributed by atoms with Gasteiger partial charge in [0.2, 0.25) is 0 Å². The first-order valence-corrected chi connectivity index (χ1v) is 11.6. The zero-order valence-corrected chi connectivity index (χ0v) is 17.9. The smallest absolute Gasteiger partial charge is 0.255 e. The van der Waals surface area contributed by atoms with Crippen LogP contribution in [0, 0.1) is 29.3 Å². The normalized spacial score (nSPS) is 25.1. The summed E-state index contributed by atoms with van der Waals surface area (Å²) in [5, 5.41) is 11.2. The van der Waals surface area contributed by atoms with Crippen LogP contribution in [-0.2, 0) is 14.6 Å². The number of ketones is 1. The largest absolute Gasteiger partial charge is 0.385 e. The van der Waals surface area contributed by atoms with E-state index in [0.29, 0.717) is 25.0 Å². The number of hydrogen-bond acceptors (Lipinski definition) is 5. The van der Waals surface area contributed by atoms with Gasteiger partial charge in [-0.1, -0.05) is 11.6 Å². The monoisotopic (exact) mass is 487 g/mol. The number of amides is 1. The predicted octanol–water partition coefficient (Wildman–Crippen LogP) is 3.51. The number of fused-ring (bicyclic) bond motifs is 2. The van der Waals surface area contributed by atoms with E-state index in [1.807, 2.05) is 0 Å². The summed E-state index contributed by atoms with van der Waals surface area (Å²) >= 11 is 6.12. The first kappa shape index (κ1) is 22.8. The zero-order valence-electron chi connectivity index (χ0n) is 16.3. The molecule has 2 aromatic rings. The lowest BCUT2D eigenvalue weighted by Crippen LogP contribution is -2.46. The average molecular weight is 488 g/mol. The zero-order chi connectivity index (χ0) is 23.4. The molecule has 0 saturated heterocycles. The lowest BCUT2D eigenvalue weighted by atomic mass is 9.85. The van der Waals surface area contributed by atoms with Gasteiger partial charge in [-0.3, -0.25) is 9.59 Å². The molecule has 170 valence electrons. The number of hydrogen-bond donors (Lipinski definition) is 2. The molecule has 0 aliphatic heterocycles. The van der Waals surface area contributed by atoms with Gasteiger partial charge in [0.25, 0.3) is 5.91 Å². The van der Waals surface area contributed by atoms with Gasteiger partial charge in [0.05, 0.1) is 15.2 Å². The summed E-state index contributed by atoms with van der Waals surface area (Å²) in [4.78, 5) is 24.1. The molecule has 0 aromatic heterocycles. The van der Waals surface area contributed by atoms with E-state index in [2.05, 4.69) is 5.32 Å². The van der Waals surface area contributed by atoms with Gasteiger partial charge in [-0.25, -0.2) is 21.6 Å².